The van der Waals surface area contributed by atoms with Gasteiger partial charge in [0.05, 0.1) is 5.56 Å². The zero-order valence-electron chi connectivity index (χ0n) is 14.5. The van der Waals surface area contributed by atoms with E-state index in [2.05, 4.69) is 35.3 Å². The first-order valence-electron chi connectivity index (χ1n) is 9.03. The van der Waals surface area contributed by atoms with Crippen LogP contribution in [0.1, 0.15) is 45.8 Å². The number of hydrogen-bond acceptors (Lipinski definition) is 3. The molecule has 0 radical (unpaired) electrons. The summed E-state index contributed by atoms with van der Waals surface area (Å²) in [5.41, 5.74) is 5.62. The Morgan fingerprint density at radius 1 is 1.24 bits per heavy atom. The van der Waals surface area contributed by atoms with Crippen LogP contribution in [-0.2, 0) is 6.54 Å². The normalized spacial score (nSPS) is 22.2. The number of carboxylic acids is 1. The molecule has 0 amide bonds. The van der Waals surface area contributed by atoms with Crippen LogP contribution in [0, 0.1) is 6.92 Å². The summed E-state index contributed by atoms with van der Waals surface area (Å²) in [6.45, 7) is 5.12. The van der Waals surface area contributed by atoms with Crippen molar-refractivity contribution in [2.75, 3.05) is 18.0 Å². The van der Waals surface area contributed by atoms with Crippen molar-refractivity contribution in [1.29, 1.82) is 0 Å². The fourth-order valence-corrected chi connectivity index (χ4v) is 4.28. The summed E-state index contributed by atoms with van der Waals surface area (Å²) in [7, 11) is 0. The summed E-state index contributed by atoms with van der Waals surface area (Å²) in [6, 6.07) is 14.6. The Morgan fingerprint density at radius 2 is 2.04 bits per heavy atom. The summed E-state index contributed by atoms with van der Waals surface area (Å²) in [4.78, 5) is 13.6. The van der Waals surface area contributed by atoms with Crippen LogP contribution in [0.4, 0.5) is 5.69 Å². The predicted molar refractivity (Wildman–Crippen MR) is 99.4 cm³/mol. The maximum absolute atomic E-state index is 11.1. The van der Waals surface area contributed by atoms with Crippen LogP contribution in [0.15, 0.2) is 42.5 Å². The van der Waals surface area contributed by atoms with E-state index in [-0.39, 0.29) is 0 Å². The highest BCUT2D eigenvalue weighted by molar-refractivity contribution is 5.87. The molecule has 2 aliphatic rings. The van der Waals surface area contributed by atoms with Gasteiger partial charge in [-0.25, -0.2) is 4.79 Å². The van der Waals surface area contributed by atoms with Crippen LogP contribution in [-0.4, -0.2) is 30.2 Å². The molecule has 2 aromatic rings. The number of nitrogens with zero attached hydrogens (tertiary/aromatic N) is 1. The van der Waals surface area contributed by atoms with Crippen molar-refractivity contribution in [3.05, 3.63) is 64.7 Å². The van der Waals surface area contributed by atoms with Crippen LogP contribution >= 0.6 is 0 Å². The average molecular weight is 336 g/mol. The van der Waals surface area contributed by atoms with Gasteiger partial charge in [0, 0.05) is 30.7 Å². The fraction of sp³-hybridized carbons (Fsp3) is 0.381. The van der Waals surface area contributed by atoms with Gasteiger partial charge in [0.25, 0.3) is 0 Å². The van der Waals surface area contributed by atoms with Gasteiger partial charge in [-0.3, -0.25) is 0 Å². The molecule has 2 heterocycles. The van der Waals surface area contributed by atoms with Gasteiger partial charge in [-0.1, -0.05) is 29.8 Å². The van der Waals surface area contributed by atoms with E-state index >= 15 is 0 Å². The van der Waals surface area contributed by atoms with Gasteiger partial charge < -0.3 is 15.3 Å². The number of rotatable bonds is 3. The van der Waals surface area contributed by atoms with E-state index in [0.29, 0.717) is 17.5 Å². The minimum Gasteiger partial charge on any atom is -0.478 e. The number of carboxylic acid groups (broad SMARTS) is 1. The maximum Gasteiger partial charge on any atom is 0.335 e. The smallest absolute Gasteiger partial charge is 0.335 e. The van der Waals surface area contributed by atoms with Crippen LogP contribution in [0.5, 0.6) is 0 Å². The zero-order valence-corrected chi connectivity index (χ0v) is 14.5. The monoisotopic (exact) mass is 336 g/mol. The summed E-state index contributed by atoms with van der Waals surface area (Å²) in [5.74, 6) is -0.334. The summed E-state index contributed by atoms with van der Waals surface area (Å²) >= 11 is 0. The molecule has 0 spiro atoms. The number of aromatic carboxylic acids is 1. The highest BCUT2D eigenvalue weighted by Crippen LogP contribution is 2.44. The molecule has 1 fully saturated rings. The molecule has 2 N–H and O–H groups in total. The number of aryl methyl sites for hydroxylation is 1. The number of hydrogen-bond donors (Lipinski definition) is 2. The topological polar surface area (TPSA) is 52.6 Å². The molecule has 1 saturated heterocycles. The van der Waals surface area contributed by atoms with Gasteiger partial charge in [0.2, 0.25) is 0 Å². The van der Waals surface area contributed by atoms with Crippen molar-refractivity contribution in [2.45, 2.75) is 38.3 Å². The minimum absolute atomic E-state index is 0.345. The average Bonchev–Trinajstić information content (AvgIpc) is 2.77. The SMILES string of the molecule is Cc1ccc2c(c1)C1CNCCCC1N2Cc1ccc(C(=O)O)cc1. The molecule has 25 heavy (non-hydrogen) atoms. The van der Waals surface area contributed by atoms with Gasteiger partial charge in [-0.05, 0) is 55.6 Å². The van der Waals surface area contributed by atoms with Crippen molar-refractivity contribution in [3.8, 4) is 0 Å². The number of fused-ring (bicyclic) bond motifs is 3. The predicted octanol–water partition coefficient (Wildman–Crippen LogP) is 3.55. The number of nitrogens with one attached hydrogen (secondary N) is 1. The summed E-state index contributed by atoms with van der Waals surface area (Å²) in [6.07, 6.45) is 2.39. The standard InChI is InChI=1S/C21H24N2O2/c1-14-4-9-20-17(11-14)18-12-22-10-2-3-19(18)23(20)13-15-5-7-16(8-6-15)21(24)25/h4-9,11,18-19,22H,2-3,10,12-13H2,1H3,(H,24,25). The largest absolute Gasteiger partial charge is 0.478 e. The zero-order chi connectivity index (χ0) is 17.4. The Balaban J connectivity index is 1.66. The Bertz CT molecular complexity index is 785. The highest BCUT2D eigenvalue weighted by atomic mass is 16.4. The van der Waals surface area contributed by atoms with Gasteiger partial charge in [-0.15, -0.1) is 0 Å². The van der Waals surface area contributed by atoms with Crippen molar-refractivity contribution >= 4 is 11.7 Å². The number of carbonyl (C=O) groups is 1. The van der Waals surface area contributed by atoms with E-state index in [9.17, 15) is 4.79 Å². The van der Waals surface area contributed by atoms with Gasteiger partial charge in [-0.2, -0.15) is 0 Å². The van der Waals surface area contributed by atoms with E-state index in [0.717, 1.165) is 25.2 Å². The molecule has 2 aliphatic heterocycles. The molecule has 2 unspecified atom stereocenters. The van der Waals surface area contributed by atoms with E-state index < -0.39 is 5.97 Å². The second-order valence-corrected chi connectivity index (χ2v) is 7.21. The lowest BCUT2D eigenvalue weighted by Gasteiger charge is -2.29. The van der Waals surface area contributed by atoms with Crippen LogP contribution in [0.25, 0.3) is 0 Å². The molecular weight excluding hydrogens is 312 g/mol. The van der Waals surface area contributed by atoms with E-state index in [1.165, 1.54) is 29.7 Å². The molecule has 130 valence electrons. The lowest BCUT2D eigenvalue weighted by molar-refractivity contribution is 0.0697. The van der Waals surface area contributed by atoms with Crippen molar-refractivity contribution in [1.82, 2.24) is 5.32 Å². The third kappa shape index (κ3) is 3.02. The van der Waals surface area contributed by atoms with E-state index in [4.69, 9.17) is 5.11 Å². The Labute approximate surface area is 148 Å². The van der Waals surface area contributed by atoms with Gasteiger partial charge in [0.1, 0.15) is 0 Å². The molecular formula is C21H24N2O2. The minimum atomic E-state index is -0.872. The van der Waals surface area contributed by atoms with Crippen LogP contribution in [0.3, 0.4) is 0 Å². The fourth-order valence-electron chi connectivity index (χ4n) is 4.28. The van der Waals surface area contributed by atoms with Crippen molar-refractivity contribution < 1.29 is 9.90 Å². The lowest BCUT2D eigenvalue weighted by atomic mass is 9.92. The molecule has 4 heteroatoms. The molecule has 0 saturated carbocycles. The summed E-state index contributed by atoms with van der Waals surface area (Å²) < 4.78 is 0. The van der Waals surface area contributed by atoms with Crippen LogP contribution in [0.2, 0.25) is 0 Å². The highest BCUT2D eigenvalue weighted by Gasteiger charge is 2.38. The molecule has 4 rings (SSSR count). The molecule has 0 aliphatic carbocycles. The molecule has 4 nitrogen and oxygen atoms in total. The Hall–Kier alpha value is -2.33. The third-order valence-corrected chi connectivity index (χ3v) is 5.53. The second kappa shape index (κ2) is 6.52. The molecule has 2 atom stereocenters. The first kappa shape index (κ1) is 16.2. The second-order valence-electron chi connectivity index (χ2n) is 7.21. The lowest BCUT2D eigenvalue weighted by Crippen LogP contribution is -2.34. The van der Waals surface area contributed by atoms with Gasteiger partial charge in [0.15, 0.2) is 0 Å². The first-order valence-corrected chi connectivity index (χ1v) is 9.03. The number of anilines is 1. The van der Waals surface area contributed by atoms with E-state index in [1.807, 2.05) is 12.1 Å². The molecule has 0 bridgehead atoms. The van der Waals surface area contributed by atoms with Crippen molar-refractivity contribution in [2.24, 2.45) is 0 Å². The molecule has 0 aromatic heterocycles. The quantitative estimate of drug-likeness (QED) is 0.900. The maximum atomic E-state index is 11.1. The van der Waals surface area contributed by atoms with Gasteiger partial charge >= 0.3 is 5.97 Å². The molecule has 2 aromatic carbocycles. The summed E-state index contributed by atoms with van der Waals surface area (Å²) in [5, 5.41) is 12.7. The Kier molecular flexibility index (Phi) is 4.22. The van der Waals surface area contributed by atoms with Crippen molar-refractivity contribution in [3.63, 3.8) is 0 Å². The first-order chi connectivity index (χ1) is 12.1. The Morgan fingerprint density at radius 3 is 2.80 bits per heavy atom. The third-order valence-electron chi connectivity index (χ3n) is 5.53. The number of benzene rings is 2. The van der Waals surface area contributed by atoms with E-state index in [1.54, 1.807) is 12.1 Å². The van der Waals surface area contributed by atoms with Crippen LogP contribution < -0.4 is 10.2 Å².